The molecular formula is C14H22ClNO. The lowest BCUT2D eigenvalue weighted by Crippen LogP contribution is -2.05. The number of anilines is 1. The van der Waals surface area contributed by atoms with Gasteiger partial charge in [-0.25, -0.2) is 0 Å². The van der Waals surface area contributed by atoms with E-state index in [0.717, 1.165) is 44.9 Å². The fourth-order valence-electron chi connectivity index (χ4n) is 1.66. The van der Waals surface area contributed by atoms with Crippen LogP contribution in [0.2, 0.25) is 0 Å². The topological polar surface area (TPSA) is 21.3 Å². The van der Waals surface area contributed by atoms with Gasteiger partial charge in [-0.3, -0.25) is 0 Å². The SMILES string of the molecule is CCOCCCNc1cccc(CCCCl)c1. The molecule has 2 nitrogen and oxygen atoms in total. The molecule has 17 heavy (non-hydrogen) atoms. The smallest absolute Gasteiger partial charge is 0.0482 e. The number of benzene rings is 1. The zero-order valence-electron chi connectivity index (χ0n) is 10.5. The van der Waals surface area contributed by atoms with Gasteiger partial charge in [0, 0.05) is 31.3 Å². The molecule has 0 fully saturated rings. The van der Waals surface area contributed by atoms with Crippen LogP contribution in [0.25, 0.3) is 0 Å². The van der Waals surface area contributed by atoms with Crippen molar-refractivity contribution in [2.24, 2.45) is 0 Å². The molecule has 0 saturated carbocycles. The average Bonchev–Trinajstić information content (AvgIpc) is 2.37. The lowest BCUT2D eigenvalue weighted by atomic mass is 10.1. The summed E-state index contributed by atoms with van der Waals surface area (Å²) in [4.78, 5) is 0. The van der Waals surface area contributed by atoms with Gasteiger partial charge in [-0.2, -0.15) is 0 Å². The fraction of sp³-hybridized carbons (Fsp3) is 0.571. The van der Waals surface area contributed by atoms with Crippen molar-refractivity contribution < 1.29 is 4.74 Å². The zero-order valence-corrected chi connectivity index (χ0v) is 11.3. The summed E-state index contributed by atoms with van der Waals surface area (Å²) in [6, 6.07) is 8.55. The molecule has 0 saturated heterocycles. The molecule has 1 rings (SSSR count). The van der Waals surface area contributed by atoms with E-state index in [0.29, 0.717) is 0 Å². The molecule has 0 bridgehead atoms. The minimum Gasteiger partial charge on any atom is -0.385 e. The van der Waals surface area contributed by atoms with Gasteiger partial charge < -0.3 is 10.1 Å². The first kappa shape index (κ1) is 14.3. The Balaban J connectivity index is 2.27. The van der Waals surface area contributed by atoms with Crippen LogP contribution in [0.15, 0.2) is 24.3 Å². The second kappa shape index (κ2) is 9.32. The van der Waals surface area contributed by atoms with Crippen LogP contribution in [0.3, 0.4) is 0 Å². The maximum absolute atomic E-state index is 5.69. The lowest BCUT2D eigenvalue weighted by Gasteiger charge is -2.08. The van der Waals surface area contributed by atoms with Crippen molar-refractivity contribution in [1.29, 1.82) is 0 Å². The summed E-state index contributed by atoms with van der Waals surface area (Å²) in [5.74, 6) is 0.728. The number of ether oxygens (including phenoxy) is 1. The van der Waals surface area contributed by atoms with Crippen LogP contribution in [0, 0.1) is 0 Å². The molecule has 0 amide bonds. The van der Waals surface area contributed by atoms with Crippen LogP contribution in [-0.2, 0) is 11.2 Å². The van der Waals surface area contributed by atoms with Gasteiger partial charge in [0.1, 0.15) is 0 Å². The van der Waals surface area contributed by atoms with Gasteiger partial charge in [-0.05, 0) is 43.9 Å². The highest BCUT2D eigenvalue weighted by Crippen LogP contribution is 2.12. The van der Waals surface area contributed by atoms with Gasteiger partial charge in [0.05, 0.1) is 0 Å². The first-order chi connectivity index (χ1) is 8.36. The Morgan fingerprint density at radius 2 is 2.18 bits per heavy atom. The lowest BCUT2D eigenvalue weighted by molar-refractivity contribution is 0.147. The predicted molar refractivity (Wildman–Crippen MR) is 75.1 cm³/mol. The van der Waals surface area contributed by atoms with E-state index in [4.69, 9.17) is 16.3 Å². The van der Waals surface area contributed by atoms with Gasteiger partial charge in [-0.15, -0.1) is 11.6 Å². The molecule has 3 heteroatoms. The van der Waals surface area contributed by atoms with Crippen LogP contribution in [-0.4, -0.2) is 25.6 Å². The standard InChI is InChI=1S/C14H22ClNO/c1-2-17-11-5-10-16-14-8-3-6-13(12-14)7-4-9-15/h3,6,8,12,16H,2,4-5,7,9-11H2,1H3. The molecule has 0 unspecified atom stereocenters. The van der Waals surface area contributed by atoms with Crippen molar-refractivity contribution in [3.63, 3.8) is 0 Å². The van der Waals surface area contributed by atoms with Gasteiger partial charge in [0.2, 0.25) is 0 Å². The van der Waals surface area contributed by atoms with E-state index in [-0.39, 0.29) is 0 Å². The van der Waals surface area contributed by atoms with E-state index in [1.54, 1.807) is 0 Å². The van der Waals surface area contributed by atoms with Gasteiger partial charge in [-0.1, -0.05) is 12.1 Å². The molecular weight excluding hydrogens is 234 g/mol. The second-order valence-electron chi connectivity index (χ2n) is 3.97. The quantitative estimate of drug-likeness (QED) is 0.537. The molecule has 0 aromatic heterocycles. The fourth-order valence-corrected chi connectivity index (χ4v) is 1.79. The monoisotopic (exact) mass is 255 g/mol. The molecule has 0 aliphatic rings. The van der Waals surface area contributed by atoms with E-state index in [9.17, 15) is 0 Å². The van der Waals surface area contributed by atoms with E-state index < -0.39 is 0 Å². The van der Waals surface area contributed by atoms with E-state index in [1.165, 1.54) is 11.3 Å². The third-order valence-corrected chi connectivity index (χ3v) is 2.79. The largest absolute Gasteiger partial charge is 0.385 e. The Bertz CT molecular complexity index is 304. The Morgan fingerprint density at radius 1 is 1.29 bits per heavy atom. The van der Waals surface area contributed by atoms with Crippen LogP contribution in [0.5, 0.6) is 0 Å². The molecule has 0 radical (unpaired) electrons. The number of aryl methyl sites for hydroxylation is 1. The van der Waals surface area contributed by atoms with Crippen LogP contribution >= 0.6 is 11.6 Å². The maximum atomic E-state index is 5.69. The van der Waals surface area contributed by atoms with Gasteiger partial charge in [0.25, 0.3) is 0 Å². The Morgan fingerprint density at radius 3 is 2.94 bits per heavy atom. The highest BCUT2D eigenvalue weighted by molar-refractivity contribution is 6.17. The predicted octanol–water partition coefficient (Wildman–Crippen LogP) is 3.70. The molecule has 0 spiro atoms. The van der Waals surface area contributed by atoms with Gasteiger partial charge in [0.15, 0.2) is 0 Å². The maximum Gasteiger partial charge on any atom is 0.0482 e. The summed E-state index contributed by atoms with van der Waals surface area (Å²) in [7, 11) is 0. The third-order valence-electron chi connectivity index (χ3n) is 2.52. The van der Waals surface area contributed by atoms with Crippen molar-refractivity contribution in [2.45, 2.75) is 26.2 Å². The average molecular weight is 256 g/mol. The molecule has 1 N–H and O–H groups in total. The highest BCUT2D eigenvalue weighted by atomic mass is 35.5. The Labute approximate surface area is 109 Å². The third kappa shape index (κ3) is 6.54. The number of hydrogen-bond donors (Lipinski definition) is 1. The molecule has 0 aliphatic heterocycles. The summed E-state index contributed by atoms with van der Waals surface area (Å²) in [5, 5.41) is 3.41. The summed E-state index contributed by atoms with van der Waals surface area (Å²) >= 11 is 5.69. The number of rotatable bonds is 9. The molecule has 96 valence electrons. The van der Waals surface area contributed by atoms with Crippen molar-refractivity contribution in [2.75, 3.05) is 31.0 Å². The minimum absolute atomic E-state index is 0.728. The highest BCUT2D eigenvalue weighted by Gasteiger charge is 1.96. The van der Waals surface area contributed by atoms with E-state index >= 15 is 0 Å². The molecule has 0 atom stereocenters. The first-order valence-corrected chi connectivity index (χ1v) is 6.86. The van der Waals surface area contributed by atoms with Crippen LogP contribution in [0.4, 0.5) is 5.69 Å². The molecule has 1 aromatic rings. The van der Waals surface area contributed by atoms with Gasteiger partial charge >= 0.3 is 0 Å². The van der Waals surface area contributed by atoms with E-state index in [1.807, 2.05) is 6.92 Å². The summed E-state index contributed by atoms with van der Waals surface area (Å²) < 4.78 is 5.29. The Kier molecular flexibility index (Phi) is 7.85. The summed E-state index contributed by atoms with van der Waals surface area (Å²) in [5.41, 5.74) is 2.54. The van der Waals surface area contributed by atoms with Crippen molar-refractivity contribution >= 4 is 17.3 Å². The summed E-state index contributed by atoms with van der Waals surface area (Å²) in [6.45, 7) is 4.61. The molecule has 1 aromatic carbocycles. The Hall–Kier alpha value is -0.730. The van der Waals surface area contributed by atoms with Crippen LogP contribution in [0.1, 0.15) is 25.3 Å². The minimum atomic E-state index is 0.728. The van der Waals surface area contributed by atoms with Crippen LogP contribution < -0.4 is 5.32 Å². The molecule has 0 heterocycles. The number of hydrogen-bond acceptors (Lipinski definition) is 2. The van der Waals surface area contributed by atoms with Crippen molar-refractivity contribution in [3.8, 4) is 0 Å². The second-order valence-corrected chi connectivity index (χ2v) is 4.35. The number of nitrogens with one attached hydrogen (secondary N) is 1. The normalized spacial score (nSPS) is 10.5. The van der Waals surface area contributed by atoms with E-state index in [2.05, 4.69) is 29.6 Å². The number of halogens is 1. The van der Waals surface area contributed by atoms with Crippen molar-refractivity contribution in [1.82, 2.24) is 0 Å². The molecule has 0 aliphatic carbocycles. The zero-order chi connectivity index (χ0) is 12.3. The summed E-state index contributed by atoms with van der Waals surface area (Å²) in [6.07, 6.45) is 3.13. The number of alkyl halides is 1. The van der Waals surface area contributed by atoms with Crippen molar-refractivity contribution in [3.05, 3.63) is 29.8 Å². The first-order valence-electron chi connectivity index (χ1n) is 6.33.